The molecule has 1 aliphatic rings. The molecule has 0 aromatic heterocycles. The minimum absolute atomic E-state index is 0.181. The van der Waals surface area contributed by atoms with E-state index in [0.717, 1.165) is 42.6 Å². The number of aryl methyl sites for hydroxylation is 3. The third kappa shape index (κ3) is 6.83. The number of likely N-dealkylation sites (tertiary alicyclic amines) is 1. The second-order valence-corrected chi connectivity index (χ2v) is 11.3. The molecule has 7 heteroatoms. The molecule has 0 bridgehead atoms. The molecule has 1 unspecified atom stereocenters. The molecule has 1 N–H and O–H groups in total. The lowest BCUT2D eigenvalue weighted by Gasteiger charge is -2.35. The fourth-order valence-corrected chi connectivity index (χ4v) is 6.16. The molecule has 1 aliphatic heterocycles. The molecule has 1 fully saturated rings. The predicted octanol–water partition coefficient (Wildman–Crippen LogP) is 4.58. The van der Waals surface area contributed by atoms with E-state index in [1.54, 1.807) is 24.3 Å². The zero-order chi connectivity index (χ0) is 24.7. The second-order valence-electron chi connectivity index (χ2n) is 9.47. The monoisotopic (exact) mass is 485 g/mol. The molecule has 0 aliphatic carbocycles. The van der Waals surface area contributed by atoms with E-state index in [-0.39, 0.29) is 17.3 Å². The van der Waals surface area contributed by atoms with Crippen molar-refractivity contribution in [2.45, 2.75) is 70.7 Å². The van der Waals surface area contributed by atoms with Crippen molar-refractivity contribution < 1.29 is 13.2 Å². The van der Waals surface area contributed by atoms with Crippen molar-refractivity contribution in [1.29, 1.82) is 0 Å². The summed E-state index contributed by atoms with van der Waals surface area (Å²) in [7, 11) is -3.89. The quantitative estimate of drug-likeness (QED) is 0.500. The van der Waals surface area contributed by atoms with Gasteiger partial charge in [-0.25, -0.2) is 8.42 Å². The lowest BCUT2D eigenvalue weighted by molar-refractivity contribution is -0.119. The SMILES string of the molecule is CCC1CCCCN1CCCNC(=O)CN(c1cc(C)cc(C)c1)S(=O)(=O)c1ccc(C)cc1. The highest BCUT2D eigenvalue weighted by atomic mass is 32.2. The zero-order valence-electron chi connectivity index (χ0n) is 21.0. The number of hydrogen-bond acceptors (Lipinski definition) is 4. The Bertz CT molecular complexity index is 1050. The Balaban J connectivity index is 1.70. The van der Waals surface area contributed by atoms with Gasteiger partial charge < -0.3 is 10.2 Å². The largest absolute Gasteiger partial charge is 0.354 e. The molecule has 0 radical (unpaired) electrons. The number of nitrogens with zero attached hydrogens (tertiary/aromatic N) is 2. The molecule has 3 rings (SSSR count). The van der Waals surface area contributed by atoms with Crippen LogP contribution in [0.1, 0.15) is 55.7 Å². The molecule has 1 amide bonds. The van der Waals surface area contributed by atoms with Crippen LogP contribution in [0.2, 0.25) is 0 Å². The lowest BCUT2D eigenvalue weighted by atomic mass is 10.00. The highest BCUT2D eigenvalue weighted by Crippen LogP contribution is 2.26. The van der Waals surface area contributed by atoms with Crippen molar-refractivity contribution >= 4 is 21.6 Å². The van der Waals surface area contributed by atoms with Crippen molar-refractivity contribution in [2.75, 3.05) is 30.5 Å². The van der Waals surface area contributed by atoms with Gasteiger partial charge in [0.15, 0.2) is 0 Å². The van der Waals surface area contributed by atoms with Crippen LogP contribution in [-0.4, -0.2) is 51.4 Å². The van der Waals surface area contributed by atoms with Gasteiger partial charge in [-0.15, -0.1) is 0 Å². The highest BCUT2D eigenvalue weighted by Gasteiger charge is 2.27. The Morgan fingerprint density at radius 3 is 2.35 bits per heavy atom. The third-order valence-corrected chi connectivity index (χ3v) is 8.34. The van der Waals surface area contributed by atoms with E-state index < -0.39 is 10.0 Å². The van der Waals surface area contributed by atoms with E-state index in [4.69, 9.17) is 0 Å². The molecule has 2 aromatic carbocycles. The predicted molar refractivity (Wildman–Crippen MR) is 139 cm³/mol. The van der Waals surface area contributed by atoms with Crippen molar-refractivity contribution in [3.8, 4) is 0 Å². The van der Waals surface area contributed by atoms with E-state index in [2.05, 4.69) is 17.1 Å². The summed E-state index contributed by atoms with van der Waals surface area (Å²) in [6.07, 6.45) is 5.81. The summed E-state index contributed by atoms with van der Waals surface area (Å²) in [5.74, 6) is -0.291. The maximum Gasteiger partial charge on any atom is 0.264 e. The minimum Gasteiger partial charge on any atom is -0.354 e. The minimum atomic E-state index is -3.89. The summed E-state index contributed by atoms with van der Waals surface area (Å²) < 4.78 is 28.3. The Labute approximate surface area is 205 Å². The molecule has 1 heterocycles. The molecule has 0 saturated carbocycles. The van der Waals surface area contributed by atoms with Gasteiger partial charge in [0.2, 0.25) is 5.91 Å². The number of anilines is 1. The van der Waals surface area contributed by atoms with E-state index in [0.29, 0.717) is 18.3 Å². The van der Waals surface area contributed by atoms with E-state index >= 15 is 0 Å². The van der Waals surface area contributed by atoms with Crippen molar-refractivity contribution in [3.63, 3.8) is 0 Å². The van der Waals surface area contributed by atoms with Gasteiger partial charge in [0.25, 0.3) is 10.0 Å². The first-order valence-electron chi connectivity index (χ1n) is 12.4. The van der Waals surface area contributed by atoms with Crippen LogP contribution in [0.5, 0.6) is 0 Å². The van der Waals surface area contributed by atoms with Crippen LogP contribution in [0, 0.1) is 20.8 Å². The fourth-order valence-electron chi connectivity index (χ4n) is 4.76. The topological polar surface area (TPSA) is 69.7 Å². The number of nitrogens with one attached hydrogen (secondary N) is 1. The van der Waals surface area contributed by atoms with E-state index in [1.807, 2.05) is 39.0 Å². The summed E-state index contributed by atoms with van der Waals surface area (Å²) in [5.41, 5.74) is 3.39. The van der Waals surface area contributed by atoms with Crippen molar-refractivity contribution in [3.05, 3.63) is 59.2 Å². The number of hydrogen-bond donors (Lipinski definition) is 1. The number of rotatable bonds is 10. The van der Waals surface area contributed by atoms with Crippen LogP contribution in [0.3, 0.4) is 0 Å². The van der Waals surface area contributed by atoms with Gasteiger partial charge in [-0.05, 0) is 88.4 Å². The molecule has 1 atom stereocenters. The Morgan fingerprint density at radius 1 is 1.03 bits per heavy atom. The highest BCUT2D eigenvalue weighted by molar-refractivity contribution is 7.92. The van der Waals surface area contributed by atoms with Gasteiger partial charge in [-0.1, -0.05) is 37.1 Å². The molecule has 0 spiro atoms. The second kappa shape index (κ2) is 11.8. The summed E-state index contributed by atoms with van der Waals surface area (Å²) in [6.45, 7) is 10.4. The van der Waals surface area contributed by atoms with Crippen LogP contribution < -0.4 is 9.62 Å². The van der Waals surface area contributed by atoms with Gasteiger partial charge in [-0.3, -0.25) is 9.10 Å². The molecule has 186 valence electrons. The first kappa shape index (κ1) is 26.2. The number of piperidine rings is 1. The smallest absolute Gasteiger partial charge is 0.264 e. The van der Waals surface area contributed by atoms with Crippen molar-refractivity contribution in [2.24, 2.45) is 0 Å². The van der Waals surface area contributed by atoms with Crippen LogP contribution in [0.4, 0.5) is 5.69 Å². The average Bonchev–Trinajstić information content (AvgIpc) is 2.80. The molecule has 6 nitrogen and oxygen atoms in total. The number of benzene rings is 2. The maximum absolute atomic E-state index is 13.5. The standard InChI is InChI=1S/C27H39N3O3S/c1-5-24-9-6-7-15-29(24)16-8-14-28-27(31)20-30(25-18-22(3)17-23(4)19-25)34(32,33)26-12-10-21(2)11-13-26/h10-13,17-19,24H,5-9,14-16,20H2,1-4H3,(H,28,31). The van der Waals surface area contributed by atoms with E-state index in [1.165, 1.54) is 23.6 Å². The van der Waals surface area contributed by atoms with E-state index in [9.17, 15) is 13.2 Å². The zero-order valence-corrected chi connectivity index (χ0v) is 21.8. The van der Waals surface area contributed by atoms with Gasteiger partial charge in [-0.2, -0.15) is 0 Å². The molecule has 34 heavy (non-hydrogen) atoms. The summed E-state index contributed by atoms with van der Waals surface area (Å²) in [4.78, 5) is 15.6. The van der Waals surface area contributed by atoms with Gasteiger partial charge >= 0.3 is 0 Å². The third-order valence-electron chi connectivity index (χ3n) is 6.56. The maximum atomic E-state index is 13.5. The van der Waals surface area contributed by atoms with Crippen LogP contribution in [-0.2, 0) is 14.8 Å². The number of carbonyl (C=O) groups excluding carboxylic acids is 1. The molecular formula is C27H39N3O3S. The molecule has 2 aromatic rings. The normalized spacial score (nSPS) is 16.9. The van der Waals surface area contributed by atoms with Gasteiger partial charge in [0, 0.05) is 19.1 Å². The Kier molecular flexibility index (Phi) is 9.14. The first-order valence-corrected chi connectivity index (χ1v) is 13.8. The van der Waals surface area contributed by atoms with Crippen LogP contribution in [0.25, 0.3) is 0 Å². The van der Waals surface area contributed by atoms with Crippen LogP contribution >= 0.6 is 0 Å². The lowest BCUT2D eigenvalue weighted by Crippen LogP contribution is -2.43. The first-order chi connectivity index (χ1) is 16.2. The molecular weight excluding hydrogens is 446 g/mol. The summed E-state index contributed by atoms with van der Waals surface area (Å²) in [6, 6.07) is 13.0. The fraction of sp³-hybridized carbons (Fsp3) is 0.519. The number of carbonyl (C=O) groups is 1. The molecule has 1 saturated heterocycles. The van der Waals surface area contributed by atoms with Gasteiger partial charge in [0.05, 0.1) is 10.6 Å². The Hall–Kier alpha value is -2.38. The van der Waals surface area contributed by atoms with Gasteiger partial charge in [0.1, 0.15) is 6.54 Å². The Morgan fingerprint density at radius 2 is 1.71 bits per heavy atom. The number of sulfonamides is 1. The van der Waals surface area contributed by atoms with Crippen LogP contribution in [0.15, 0.2) is 47.4 Å². The van der Waals surface area contributed by atoms with Crippen molar-refractivity contribution in [1.82, 2.24) is 10.2 Å². The average molecular weight is 486 g/mol. The summed E-state index contributed by atoms with van der Waals surface area (Å²) >= 11 is 0. The summed E-state index contributed by atoms with van der Waals surface area (Å²) in [5, 5.41) is 2.95. The number of amides is 1.